The van der Waals surface area contributed by atoms with Crippen molar-refractivity contribution in [3.8, 4) is 28.3 Å². The van der Waals surface area contributed by atoms with E-state index in [1.165, 1.54) is 0 Å². The number of nitrogens with zero attached hydrogens (tertiary/aromatic N) is 1. The lowest BCUT2D eigenvalue weighted by molar-refractivity contribution is 0.144. The predicted molar refractivity (Wildman–Crippen MR) is 101 cm³/mol. The molecule has 24 heavy (non-hydrogen) atoms. The van der Waals surface area contributed by atoms with Gasteiger partial charge in [0.15, 0.2) is 0 Å². The fourth-order valence-corrected chi connectivity index (χ4v) is 2.69. The Morgan fingerprint density at radius 3 is 1.96 bits per heavy atom. The van der Waals surface area contributed by atoms with E-state index < -0.39 is 6.16 Å². The summed E-state index contributed by atoms with van der Waals surface area (Å²) in [5.41, 5.74) is 2.94. The molecule has 0 spiro atoms. The quantitative estimate of drug-likeness (QED) is 0.408. The van der Waals surface area contributed by atoms with E-state index in [-0.39, 0.29) is 5.75 Å². The minimum atomic E-state index is -1.36. The summed E-state index contributed by atoms with van der Waals surface area (Å²) >= 11 is 8.14. The normalized spacial score (nSPS) is 10.4. The molecule has 0 fully saturated rings. The Morgan fingerprint density at radius 2 is 1.46 bits per heavy atom. The molecule has 0 radical (unpaired) electrons. The van der Waals surface area contributed by atoms with Gasteiger partial charge in [0.2, 0.25) is 0 Å². The van der Waals surface area contributed by atoms with Gasteiger partial charge in [0.25, 0.3) is 0 Å². The van der Waals surface area contributed by atoms with Crippen molar-refractivity contribution in [1.82, 2.24) is 4.98 Å². The molecule has 0 aliphatic rings. The molecule has 0 saturated heterocycles. The van der Waals surface area contributed by atoms with E-state index in [9.17, 15) is 4.79 Å². The third kappa shape index (κ3) is 4.04. The maximum atomic E-state index is 10.9. The van der Waals surface area contributed by atoms with Gasteiger partial charge in [-0.3, -0.25) is 0 Å². The lowest BCUT2D eigenvalue weighted by Crippen LogP contribution is -2.04. The van der Waals surface area contributed by atoms with Crippen LogP contribution in [-0.2, 0) is 0 Å². The first-order chi connectivity index (χ1) is 11.5. The number of pyridine rings is 1. The molecule has 0 unspecified atom stereocenters. The SMILES string of the molecule is O=C(O)Oc1cc(-c2ccc(Cl)cc2)nc(-c2ccc(I)cc2)c1. The number of benzene rings is 2. The molecule has 0 atom stereocenters. The molecular weight excluding hydrogens is 441 g/mol. The lowest BCUT2D eigenvalue weighted by Gasteiger charge is -2.09. The molecule has 3 aromatic rings. The van der Waals surface area contributed by atoms with E-state index in [4.69, 9.17) is 21.4 Å². The fraction of sp³-hybridized carbons (Fsp3) is 0. The molecule has 3 rings (SSSR count). The number of carboxylic acid groups (broad SMARTS) is 1. The van der Waals surface area contributed by atoms with Crippen LogP contribution in [0.2, 0.25) is 5.02 Å². The zero-order valence-electron chi connectivity index (χ0n) is 12.2. The Bertz CT molecular complexity index is 816. The van der Waals surface area contributed by atoms with Gasteiger partial charge in [-0.05, 0) is 46.9 Å². The van der Waals surface area contributed by atoms with Gasteiger partial charge in [-0.15, -0.1) is 0 Å². The molecule has 120 valence electrons. The van der Waals surface area contributed by atoms with Crippen LogP contribution in [0.25, 0.3) is 22.5 Å². The van der Waals surface area contributed by atoms with Crippen molar-refractivity contribution in [2.45, 2.75) is 0 Å². The molecule has 0 saturated carbocycles. The van der Waals surface area contributed by atoms with Gasteiger partial charge >= 0.3 is 6.16 Å². The number of aromatic nitrogens is 1. The third-order valence-electron chi connectivity index (χ3n) is 3.28. The van der Waals surface area contributed by atoms with Crippen LogP contribution in [0.15, 0.2) is 60.7 Å². The summed E-state index contributed by atoms with van der Waals surface area (Å²) in [5, 5.41) is 9.52. The molecule has 0 amide bonds. The second-order valence-electron chi connectivity index (χ2n) is 4.96. The van der Waals surface area contributed by atoms with E-state index in [1.807, 2.05) is 36.4 Å². The zero-order chi connectivity index (χ0) is 17.1. The molecule has 1 heterocycles. The Morgan fingerprint density at radius 1 is 0.958 bits per heavy atom. The first kappa shape index (κ1) is 16.7. The Hall–Kier alpha value is -2.12. The number of hydrogen-bond acceptors (Lipinski definition) is 3. The minimum absolute atomic E-state index is 0.219. The number of halogens is 2. The zero-order valence-corrected chi connectivity index (χ0v) is 15.2. The lowest BCUT2D eigenvalue weighted by atomic mass is 10.1. The predicted octanol–water partition coefficient (Wildman–Crippen LogP) is 5.73. The number of hydrogen-bond donors (Lipinski definition) is 1. The van der Waals surface area contributed by atoms with Crippen LogP contribution in [0.3, 0.4) is 0 Å². The van der Waals surface area contributed by atoms with Gasteiger partial charge in [-0.1, -0.05) is 35.9 Å². The summed E-state index contributed by atoms with van der Waals surface area (Å²) in [6.45, 7) is 0. The van der Waals surface area contributed by atoms with E-state index >= 15 is 0 Å². The van der Waals surface area contributed by atoms with Gasteiger partial charge < -0.3 is 9.84 Å². The van der Waals surface area contributed by atoms with Gasteiger partial charge in [-0.25, -0.2) is 9.78 Å². The van der Waals surface area contributed by atoms with Crippen LogP contribution in [0, 0.1) is 3.57 Å². The molecule has 1 aromatic heterocycles. The van der Waals surface area contributed by atoms with Crippen LogP contribution in [0.4, 0.5) is 4.79 Å². The summed E-state index contributed by atoms with van der Waals surface area (Å²) in [6, 6.07) is 18.2. The highest BCUT2D eigenvalue weighted by atomic mass is 127. The Kier molecular flexibility index (Phi) is 5.01. The van der Waals surface area contributed by atoms with Crippen molar-refractivity contribution in [1.29, 1.82) is 0 Å². The second kappa shape index (κ2) is 7.19. The van der Waals surface area contributed by atoms with Crippen LogP contribution in [-0.4, -0.2) is 16.2 Å². The van der Waals surface area contributed by atoms with E-state index in [1.54, 1.807) is 24.3 Å². The van der Waals surface area contributed by atoms with Crippen LogP contribution in [0.5, 0.6) is 5.75 Å². The summed E-state index contributed by atoms with van der Waals surface area (Å²) in [6.07, 6.45) is -1.36. The Labute approximate surface area is 157 Å². The third-order valence-corrected chi connectivity index (χ3v) is 4.26. The van der Waals surface area contributed by atoms with Gasteiger partial charge in [0, 0.05) is 31.9 Å². The summed E-state index contributed by atoms with van der Waals surface area (Å²) in [7, 11) is 0. The molecule has 6 heteroatoms. The number of ether oxygens (including phenoxy) is 1. The first-order valence-electron chi connectivity index (χ1n) is 6.96. The van der Waals surface area contributed by atoms with Crippen molar-refractivity contribution in [2.75, 3.05) is 0 Å². The summed E-state index contributed by atoms with van der Waals surface area (Å²) in [4.78, 5) is 15.5. The minimum Gasteiger partial charge on any atom is -0.449 e. The average Bonchev–Trinajstić information content (AvgIpc) is 2.55. The van der Waals surface area contributed by atoms with E-state index in [2.05, 4.69) is 27.6 Å². The van der Waals surface area contributed by atoms with Gasteiger partial charge in [-0.2, -0.15) is 0 Å². The fourth-order valence-electron chi connectivity index (χ4n) is 2.20. The largest absolute Gasteiger partial charge is 0.511 e. The molecule has 0 aliphatic heterocycles. The van der Waals surface area contributed by atoms with Crippen molar-refractivity contribution >= 4 is 40.3 Å². The number of rotatable bonds is 3. The standard InChI is InChI=1S/C18H11ClINO3/c19-13-5-1-11(2-6-13)16-9-15(24-18(22)23)10-17(21-16)12-3-7-14(20)8-4-12/h1-10H,(H,22,23). The van der Waals surface area contributed by atoms with Crippen LogP contribution in [0.1, 0.15) is 0 Å². The van der Waals surface area contributed by atoms with Gasteiger partial charge in [0.1, 0.15) is 5.75 Å². The van der Waals surface area contributed by atoms with Gasteiger partial charge in [0.05, 0.1) is 11.4 Å². The second-order valence-corrected chi connectivity index (χ2v) is 6.64. The first-order valence-corrected chi connectivity index (χ1v) is 8.42. The highest BCUT2D eigenvalue weighted by Gasteiger charge is 2.10. The average molecular weight is 452 g/mol. The molecule has 4 nitrogen and oxygen atoms in total. The monoisotopic (exact) mass is 451 g/mol. The molecule has 1 N–H and O–H groups in total. The van der Waals surface area contributed by atoms with E-state index in [0.29, 0.717) is 16.4 Å². The maximum Gasteiger partial charge on any atom is 0.511 e. The van der Waals surface area contributed by atoms with E-state index in [0.717, 1.165) is 14.7 Å². The van der Waals surface area contributed by atoms with Crippen molar-refractivity contribution in [3.05, 3.63) is 69.3 Å². The van der Waals surface area contributed by atoms with Crippen molar-refractivity contribution < 1.29 is 14.6 Å². The van der Waals surface area contributed by atoms with Crippen molar-refractivity contribution in [3.63, 3.8) is 0 Å². The molecular formula is C18H11ClINO3. The molecule has 0 bridgehead atoms. The molecule has 2 aromatic carbocycles. The number of carbonyl (C=O) groups is 1. The highest BCUT2D eigenvalue weighted by molar-refractivity contribution is 14.1. The highest BCUT2D eigenvalue weighted by Crippen LogP contribution is 2.29. The van der Waals surface area contributed by atoms with Crippen LogP contribution < -0.4 is 4.74 Å². The summed E-state index contributed by atoms with van der Waals surface area (Å²) < 4.78 is 5.94. The maximum absolute atomic E-state index is 10.9. The topological polar surface area (TPSA) is 59.4 Å². The van der Waals surface area contributed by atoms with Crippen LogP contribution >= 0.6 is 34.2 Å². The summed E-state index contributed by atoms with van der Waals surface area (Å²) in [5.74, 6) is 0.219. The molecule has 0 aliphatic carbocycles. The van der Waals surface area contributed by atoms with Crippen molar-refractivity contribution in [2.24, 2.45) is 0 Å². The smallest absolute Gasteiger partial charge is 0.449 e. The Balaban J connectivity index is 2.11.